The van der Waals surface area contributed by atoms with Gasteiger partial charge in [0.25, 0.3) is 0 Å². The molecule has 0 aliphatic rings. The number of rotatable bonds is 38. The van der Waals surface area contributed by atoms with E-state index >= 15 is 0 Å². The molecule has 0 saturated carbocycles. The highest BCUT2D eigenvalue weighted by molar-refractivity contribution is 7.80. The molecular weight excluding hydrogens is 1140 g/mol. The van der Waals surface area contributed by atoms with Crippen LogP contribution >= 0.6 is 25.3 Å². The van der Waals surface area contributed by atoms with E-state index < -0.39 is 138 Å². The van der Waals surface area contributed by atoms with Crippen molar-refractivity contribution in [2.24, 2.45) is 34.6 Å². The number of hydrogen-bond acceptors (Lipinski definition) is 19. The Morgan fingerprint density at radius 3 is 1.52 bits per heavy atom. The summed E-state index contributed by atoms with van der Waals surface area (Å²) in [5.74, 6) is -9.29. The Labute approximate surface area is 504 Å². The quantitative estimate of drug-likeness (QED) is 0.0145. The Morgan fingerprint density at radius 1 is 0.529 bits per heavy atom. The van der Waals surface area contributed by atoms with Crippen molar-refractivity contribution in [3.8, 4) is 0 Å². The number of carbonyl (C=O) groups is 11. The van der Waals surface area contributed by atoms with E-state index in [9.17, 15) is 52.7 Å². The summed E-state index contributed by atoms with van der Waals surface area (Å²) in [5, 5.41) is 29.2. The number of primary amides is 1. The standard InChI is InChI=1S/C53H87N19O11S2/c1-26(2)18-37(48(79)70-38(19-31-21-61-35-14-8-7-12-33(31)35)49(80)67-36(42(56)73)15-11-17-60-53(57)58)69-52(83)41(24-85)72-50(81)39(20-32-22-59-25-62-32)68-45(76)29(5)63-44(75)28(4)66-51(82)40(23-84)71-46(77)30(6)64-43(74)27(3)65-47(78)34(55)13-9-10-16-54/h7-8,12,14,21-22,25-30,34,36-41,53,60-61,84-85H,9-11,13,15-20,23-24,54-55,57-58H2,1-6H3,(H2,56,73)(H,59,62)(H,63,75)(H,64,74)(H,65,78)(H,66,82)(H,67,80)(H,68,76)(H,69,83)(H,70,79)(H,71,77)(H,72,81)/t27-,28-,29-,30-,34-,36-,37-,38-,39-,40-,41-/m0/s1. The maximum absolute atomic E-state index is 14.3. The molecule has 2 aromatic heterocycles. The van der Waals surface area contributed by atoms with E-state index in [4.69, 9.17) is 28.7 Å². The molecule has 85 heavy (non-hydrogen) atoms. The SMILES string of the molecule is CC(C)C[C@H](NC(=O)[C@H](CS)NC(=O)[C@H](Cc1cnc[nH]1)NC(=O)[C@H](C)NC(=O)[C@H](C)NC(=O)[C@H](CS)NC(=O)[C@H](C)NC(=O)[C@H](C)NC(=O)[C@@H](N)CCCCN)C(=O)N[C@@H](Cc1c[nH]c2ccccc12)C(=O)N[C@@H](CCCNC(N)N)C(N)=O. The number of fused-ring (bicyclic) bond motifs is 1. The minimum atomic E-state index is -1.40. The first-order valence-corrected chi connectivity index (χ1v) is 29.2. The summed E-state index contributed by atoms with van der Waals surface area (Å²) in [4.78, 5) is 158. The summed E-state index contributed by atoms with van der Waals surface area (Å²) in [7, 11) is 0. The molecule has 0 fully saturated rings. The van der Waals surface area contributed by atoms with Crippen molar-refractivity contribution in [2.45, 2.75) is 166 Å². The number of unbranched alkanes of at least 4 members (excludes halogenated alkanes) is 1. The Bertz CT molecular complexity index is 2720. The van der Waals surface area contributed by atoms with Gasteiger partial charge in [0.2, 0.25) is 65.0 Å². The van der Waals surface area contributed by atoms with Gasteiger partial charge in [0.1, 0.15) is 66.7 Å². The van der Waals surface area contributed by atoms with Gasteiger partial charge in [-0.15, -0.1) is 0 Å². The van der Waals surface area contributed by atoms with Crippen molar-refractivity contribution >= 4 is 101 Å². The topological polar surface area (TPSA) is 495 Å². The number of hydrogen-bond donors (Lipinski definition) is 20. The van der Waals surface area contributed by atoms with Crippen LogP contribution in [0.5, 0.6) is 0 Å². The molecule has 472 valence electrons. The lowest BCUT2D eigenvalue weighted by molar-refractivity contribution is -0.135. The fraction of sp³-hybridized carbons (Fsp3) is 0.585. The number of imidazole rings is 1. The molecule has 0 aliphatic carbocycles. The van der Waals surface area contributed by atoms with E-state index in [1.165, 1.54) is 40.2 Å². The van der Waals surface area contributed by atoms with Gasteiger partial charge in [0, 0.05) is 53.3 Å². The maximum atomic E-state index is 14.3. The Hall–Kier alpha value is -7.36. The number of nitrogens with zero attached hydrogens (tertiary/aromatic N) is 1. The number of amides is 11. The summed E-state index contributed by atoms with van der Waals surface area (Å²) in [5.41, 5.74) is 30.0. The molecule has 0 saturated heterocycles. The number of nitrogens with two attached hydrogens (primary N) is 5. The number of H-pyrrole nitrogens is 2. The van der Waals surface area contributed by atoms with Gasteiger partial charge < -0.3 is 91.8 Å². The first-order chi connectivity index (χ1) is 40.2. The number of aromatic amines is 2. The second kappa shape index (κ2) is 36.5. The van der Waals surface area contributed by atoms with Crippen LogP contribution in [0.3, 0.4) is 0 Å². The van der Waals surface area contributed by atoms with E-state index in [1.54, 1.807) is 20.0 Å². The Kier molecular flexibility index (Phi) is 30.9. The predicted octanol–water partition coefficient (Wildman–Crippen LogP) is -4.98. The molecular formula is C53H87N19O11S2. The first kappa shape index (κ1) is 71.9. The average molecular weight is 1230 g/mol. The summed E-state index contributed by atoms with van der Waals surface area (Å²) in [6.07, 6.45) is 5.63. The van der Waals surface area contributed by atoms with Crippen LogP contribution in [0.4, 0.5) is 0 Å². The van der Waals surface area contributed by atoms with Crippen LogP contribution in [-0.4, -0.2) is 177 Å². The molecule has 0 spiro atoms. The van der Waals surface area contributed by atoms with Crippen LogP contribution in [0.25, 0.3) is 10.9 Å². The fourth-order valence-electron chi connectivity index (χ4n) is 8.40. The highest BCUT2D eigenvalue weighted by Crippen LogP contribution is 2.20. The molecule has 0 aliphatic heterocycles. The molecule has 11 amide bonds. The number of nitrogens with one attached hydrogen (secondary N) is 13. The van der Waals surface area contributed by atoms with Crippen LogP contribution in [-0.2, 0) is 65.6 Å². The molecule has 0 bridgehead atoms. The second-order valence-corrected chi connectivity index (χ2v) is 21.8. The highest BCUT2D eigenvalue weighted by atomic mass is 32.1. The number of benzene rings is 1. The smallest absolute Gasteiger partial charge is 0.244 e. The summed E-state index contributed by atoms with van der Waals surface area (Å²) in [6.45, 7) is 9.77. The minimum Gasteiger partial charge on any atom is -0.368 e. The van der Waals surface area contributed by atoms with Gasteiger partial charge in [0.15, 0.2) is 0 Å². The van der Waals surface area contributed by atoms with Crippen molar-refractivity contribution in [2.75, 3.05) is 24.6 Å². The number of aromatic nitrogens is 3. The third kappa shape index (κ3) is 24.6. The van der Waals surface area contributed by atoms with Crippen LogP contribution in [0, 0.1) is 5.92 Å². The van der Waals surface area contributed by atoms with Crippen molar-refractivity contribution in [1.29, 1.82) is 0 Å². The molecule has 3 rings (SSSR count). The predicted molar refractivity (Wildman–Crippen MR) is 323 cm³/mol. The number of thiol groups is 2. The van der Waals surface area contributed by atoms with E-state index in [-0.39, 0.29) is 43.1 Å². The van der Waals surface area contributed by atoms with Gasteiger partial charge >= 0.3 is 0 Å². The Morgan fingerprint density at radius 2 is 0.988 bits per heavy atom. The molecule has 32 heteroatoms. The molecule has 0 unspecified atom stereocenters. The summed E-state index contributed by atoms with van der Waals surface area (Å²) in [6, 6.07) is -6.19. The Balaban J connectivity index is 1.69. The zero-order valence-electron chi connectivity index (χ0n) is 48.8. The second-order valence-electron chi connectivity index (χ2n) is 21.0. The lowest BCUT2D eigenvalue weighted by Crippen LogP contribution is -2.61. The van der Waals surface area contributed by atoms with E-state index in [0.29, 0.717) is 50.0 Å². The zero-order chi connectivity index (χ0) is 63.5. The van der Waals surface area contributed by atoms with Gasteiger partial charge in [-0.05, 0) is 90.4 Å². The molecule has 23 N–H and O–H groups in total. The lowest BCUT2D eigenvalue weighted by Gasteiger charge is -2.27. The van der Waals surface area contributed by atoms with Crippen LogP contribution in [0.1, 0.15) is 91.3 Å². The lowest BCUT2D eigenvalue weighted by atomic mass is 10.00. The average Bonchev–Trinajstić information content (AvgIpc) is 4.11. The van der Waals surface area contributed by atoms with Crippen LogP contribution in [0.15, 0.2) is 43.0 Å². The zero-order valence-corrected chi connectivity index (χ0v) is 50.5. The number of carbonyl (C=O) groups excluding carboxylic acids is 11. The summed E-state index contributed by atoms with van der Waals surface area (Å²) < 4.78 is 0. The van der Waals surface area contributed by atoms with Gasteiger partial charge in [-0.1, -0.05) is 38.5 Å². The highest BCUT2D eigenvalue weighted by Gasteiger charge is 2.35. The normalized spacial score (nSPS) is 15.2. The molecule has 0 radical (unpaired) electrons. The first-order valence-electron chi connectivity index (χ1n) is 28.0. The van der Waals surface area contributed by atoms with Crippen molar-refractivity contribution in [3.05, 3.63) is 54.2 Å². The van der Waals surface area contributed by atoms with Crippen molar-refractivity contribution < 1.29 is 52.7 Å². The van der Waals surface area contributed by atoms with E-state index in [1.807, 2.05) is 24.3 Å². The minimum absolute atomic E-state index is 0.0445. The van der Waals surface area contributed by atoms with Crippen molar-refractivity contribution in [1.82, 2.24) is 73.4 Å². The third-order valence-electron chi connectivity index (χ3n) is 13.3. The van der Waals surface area contributed by atoms with Gasteiger partial charge in [-0.3, -0.25) is 58.1 Å². The van der Waals surface area contributed by atoms with E-state index in [2.05, 4.69) is 98.7 Å². The van der Waals surface area contributed by atoms with Crippen LogP contribution in [0.2, 0.25) is 0 Å². The molecule has 3 aromatic rings. The van der Waals surface area contributed by atoms with Gasteiger partial charge in [0.05, 0.1) is 12.4 Å². The fourth-order valence-corrected chi connectivity index (χ4v) is 8.92. The molecule has 2 heterocycles. The molecule has 30 nitrogen and oxygen atoms in total. The number of para-hydroxylation sites is 1. The molecule has 1 aromatic carbocycles. The largest absolute Gasteiger partial charge is 0.368 e. The van der Waals surface area contributed by atoms with Gasteiger partial charge in [-0.25, -0.2) is 4.98 Å². The van der Waals surface area contributed by atoms with Crippen molar-refractivity contribution in [3.63, 3.8) is 0 Å². The monoisotopic (exact) mass is 1230 g/mol. The third-order valence-corrected chi connectivity index (χ3v) is 14.1. The maximum Gasteiger partial charge on any atom is 0.244 e. The molecule has 11 atom stereocenters. The van der Waals surface area contributed by atoms with E-state index in [0.717, 1.165) is 10.9 Å². The summed E-state index contributed by atoms with van der Waals surface area (Å²) >= 11 is 8.49. The van der Waals surface area contributed by atoms with Gasteiger partial charge in [-0.2, -0.15) is 25.3 Å². The van der Waals surface area contributed by atoms with Crippen LogP contribution < -0.4 is 87.2 Å².